The summed E-state index contributed by atoms with van der Waals surface area (Å²) in [6.07, 6.45) is 7.13. The van der Waals surface area contributed by atoms with Crippen molar-refractivity contribution < 1.29 is 4.79 Å². The molecule has 0 bridgehead atoms. The number of fused-ring (bicyclic) bond motifs is 3. The lowest BCUT2D eigenvalue weighted by Crippen LogP contribution is -2.55. The highest BCUT2D eigenvalue weighted by molar-refractivity contribution is 5.87. The van der Waals surface area contributed by atoms with E-state index >= 15 is 0 Å². The van der Waals surface area contributed by atoms with Gasteiger partial charge in [0.1, 0.15) is 5.78 Å². The minimum atomic E-state index is 0.150. The maximum absolute atomic E-state index is 13.3. The van der Waals surface area contributed by atoms with E-state index in [0.717, 1.165) is 6.42 Å². The molecule has 5 atom stereocenters. The molecule has 0 unspecified atom stereocenters. The third-order valence-corrected chi connectivity index (χ3v) is 8.29. The molecule has 3 saturated carbocycles. The second-order valence-electron chi connectivity index (χ2n) is 10.0. The highest BCUT2D eigenvalue weighted by Gasteiger charge is 2.65. The Labute approximate surface area is 147 Å². The predicted molar refractivity (Wildman–Crippen MR) is 98.9 cm³/mol. The average molecular weight is 325 g/mol. The molecule has 3 aliphatic carbocycles. The van der Waals surface area contributed by atoms with Crippen LogP contribution in [0.15, 0.2) is 30.3 Å². The van der Waals surface area contributed by atoms with E-state index in [1.807, 2.05) is 0 Å². The van der Waals surface area contributed by atoms with Crippen LogP contribution in [0.3, 0.4) is 0 Å². The third-order valence-electron chi connectivity index (χ3n) is 8.29. The summed E-state index contributed by atoms with van der Waals surface area (Å²) in [6, 6.07) is 10.8. The van der Waals surface area contributed by atoms with Crippen LogP contribution in [0.5, 0.6) is 0 Å². The second-order valence-corrected chi connectivity index (χ2v) is 10.0. The molecule has 1 heteroatoms. The lowest BCUT2D eigenvalue weighted by Gasteiger charge is -2.61. The SMILES string of the molecule is CC1(C)CCC[C@@]2(C)[C@H]3C(=O)C[C@H](c4ccccc4)[C@@]3(C)CC[C@H]12. The summed E-state index contributed by atoms with van der Waals surface area (Å²) in [5.74, 6) is 1.93. The van der Waals surface area contributed by atoms with Gasteiger partial charge in [0.15, 0.2) is 0 Å². The highest BCUT2D eigenvalue weighted by atomic mass is 16.1. The molecule has 0 aromatic heterocycles. The summed E-state index contributed by atoms with van der Waals surface area (Å²) in [6.45, 7) is 9.80. The summed E-state index contributed by atoms with van der Waals surface area (Å²) in [4.78, 5) is 13.3. The molecule has 0 aliphatic heterocycles. The van der Waals surface area contributed by atoms with Gasteiger partial charge in [-0.2, -0.15) is 0 Å². The second kappa shape index (κ2) is 5.19. The van der Waals surface area contributed by atoms with Crippen molar-refractivity contribution in [3.8, 4) is 0 Å². The Morgan fingerprint density at radius 3 is 2.33 bits per heavy atom. The topological polar surface area (TPSA) is 17.1 Å². The number of carbonyl (C=O) groups is 1. The molecule has 0 heterocycles. The van der Waals surface area contributed by atoms with Crippen LogP contribution in [0.2, 0.25) is 0 Å². The van der Waals surface area contributed by atoms with Gasteiger partial charge in [-0.15, -0.1) is 0 Å². The zero-order chi connectivity index (χ0) is 17.2. The standard InChI is InChI=1S/C23H32O/c1-21(2)12-8-13-23(4)19(21)11-14-22(3)17(15-18(24)20(22)23)16-9-6-5-7-10-16/h5-7,9-10,17,19-20H,8,11-15H2,1-4H3/t17-,19-,20+,22-,23-/m1/s1. The first-order valence-corrected chi connectivity index (χ1v) is 9.87. The van der Waals surface area contributed by atoms with Crippen molar-refractivity contribution in [2.75, 3.05) is 0 Å². The van der Waals surface area contributed by atoms with Crippen LogP contribution in [0.25, 0.3) is 0 Å². The number of hydrogen-bond acceptors (Lipinski definition) is 1. The highest BCUT2D eigenvalue weighted by Crippen LogP contribution is 2.70. The number of Topliss-reactive ketones (excluding diaryl/α,β-unsaturated/α-hetero) is 1. The van der Waals surface area contributed by atoms with E-state index in [-0.39, 0.29) is 16.7 Å². The zero-order valence-electron chi connectivity index (χ0n) is 15.8. The van der Waals surface area contributed by atoms with Gasteiger partial charge in [-0.05, 0) is 59.3 Å². The summed E-state index contributed by atoms with van der Waals surface area (Å²) in [5, 5.41) is 0. The largest absolute Gasteiger partial charge is 0.299 e. The number of ketones is 1. The Balaban J connectivity index is 1.77. The lowest BCUT2D eigenvalue weighted by molar-refractivity contribution is -0.148. The van der Waals surface area contributed by atoms with Crippen LogP contribution in [-0.2, 0) is 4.79 Å². The molecular formula is C23H32O. The van der Waals surface area contributed by atoms with Gasteiger partial charge in [0.05, 0.1) is 0 Å². The van der Waals surface area contributed by atoms with Crippen LogP contribution < -0.4 is 0 Å². The van der Waals surface area contributed by atoms with Crippen molar-refractivity contribution >= 4 is 5.78 Å². The predicted octanol–water partition coefficient (Wildman–Crippen LogP) is 5.99. The first-order valence-electron chi connectivity index (χ1n) is 9.87. The van der Waals surface area contributed by atoms with Crippen molar-refractivity contribution in [2.45, 2.75) is 72.1 Å². The third kappa shape index (κ3) is 2.09. The van der Waals surface area contributed by atoms with Gasteiger partial charge in [0.25, 0.3) is 0 Å². The minimum Gasteiger partial charge on any atom is -0.299 e. The van der Waals surface area contributed by atoms with Gasteiger partial charge in [0.2, 0.25) is 0 Å². The van der Waals surface area contributed by atoms with Crippen molar-refractivity contribution in [1.82, 2.24) is 0 Å². The Hall–Kier alpha value is -1.11. The summed E-state index contributed by atoms with van der Waals surface area (Å²) >= 11 is 0. The fourth-order valence-electron chi connectivity index (χ4n) is 7.43. The average Bonchev–Trinajstić information content (AvgIpc) is 2.79. The molecule has 1 aromatic rings. The number of benzene rings is 1. The van der Waals surface area contributed by atoms with Crippen molar-refractivity contribution in [2.24, 2.45) is 28.1 Å². The molecule has 0 radical (unpaired) electrons. The monoisotopic (exact) mass is 324 g/mol. The normalized spacial score (nSPS) is 44.0. The maximum atomic E-state index is 13.3. The molecular weight excluding hydrogens is 292 g/mol. The van der Waals surface area contributed by atoms with Gasteiger partial charge < -0.3 is 0 Å². The van der Waals surface area contributed by atoms with Crippen LogP contribution in [0.1, 0.15) is 77.7 Å². The Morgan fingerprint density at radius 2 is 1.62 bits per heavy atom. The molecule has 3 fully saturated rings. The summed E-state index contributed by atoms with van der Waals surface area (Å²) < 4.78 is 0. The van der Waals surface area contributed by atoms with E-state index in [1.165, 1.54) is 37.7 Å². The molecule has 1 nitrogen and oxygen atoms in total. The summed E-state index contributed by atoms with van der Waals surface area (Å²) in [5.41, 5.74) is 2.12. The Morgan fingerprint density at radius 1 is 0.917 bits per heavy atom. The molecule has 1 aromatic carbocycles. The van der Waals surface area contributed by atoms with E-state index < -0.39 is 0 Å². The Bertz CT molecular complexity index is 645. The first-order chi connectivity index (χ1) is 11.3. The number of hydrogen-bond donors (Lipinski definition) is 0. The molecule has 3 aliphatic rings. The fourth-order valence-corrected chi connectivity index (χ4v) is 7.43. The van der Waals surface area contributed by atoms with Gasteiger partial charge in [0, 0.05) is 12.3 Å². The van der Waals surface area contributed by atoms with E-state index in [0.29, 0.717) is 23.0 Å². The number of carbonyl (C=O) groups excluding carboxylic acids is 1. The number of rotatable bonds is 1. The summed E-state index contributed by atoms with van der Waals surface area (Å²) in [7, 11) is 0. The molecule has 0 N–H and O–H groups in total. The molecule has 0 amide bonds. The van der Waals surface area contributed by atoms with Gasteiger partial charge >= 0.3 is 0 Å². The van der Waals surface area contributed by atoms with Crippen molar-refractivity contribution in [1.29, 1.82) is 0 Å². The van der Waals surface area contributed by atoms with E-state index in [9.17, 15) is 4.79 Å². The van der Waals surface area contributed by atoms with Gasteiger partial charge in [-0.3, -0.25) is 4.79 Å². The molecule has 130 valence electrons. The maximum Gasteiger partial charge on any atom is 0.137 e. The van der Waals surface area contributed by atoms with E-state index in [1.54, 1.807) is 0 Å². The van der Waals surface area contributed by atoms with Crippen molar-refractivity contribution in [3.63, 3.8) is 0 Å². The van der Waals surface area contributed by atoms with Crippen LogP contribution >= 0.6 is 0 Å². The first kappa shape index (κ1) is 16.4. The van der Waals surface area contributed by atoms with Crippen LogP contribution in [0.4, 0.5) is 0 Å². The fraction of sp³-hybridized carbons (Fsp3) is 0.696. The van der Waals surface area contributed by atoms with Crippen LogP contribution in [-0.4, -0.2) is 5.78 Å². The van der Waals surface area contributed by atoms with E-state index in [4.69, 9.17) is 0 Å². The lowest BCUT2D eigenvalue weighted by atomic mass is 9.43. The van der Waals surface area contributed by atoms with Gasteiger partial charge in [-0.25, -0.2) is 0 Å². The smallest absolute Gasteiger partial charge is 0.137 e. The molecule has 0 saturated heterocycles. The van der Waals surface area contributed by atoms with E-state index in [2.05, 4.69) is 58.0 Å². The van der Waals surface area contributed by atoms with Crippen LogP contribution in [0, 0.1) is 28.1 Å². The molecule has 4 rings (SSSR count). The quantitative estimate of drug-likeness (QED) is 0.620. The van der Waals surface area contributed by atoms with Gasteiger partial charge in [-0.1, -0.05) is 64.4 Å². The molecule has 24 heavy (non-hydrogen) atoms. The van der Waals surface area contributed by atoms with Crippen molar-refractivity contribution in [3.05, 3.63) is 35.9 Å². The Kier molecular flexibility index (Phi) is 3.54. The minimum absolute atomic E-state index is 0.150. The molecule has 0 spiro atoms. The zero-order valence-corrected chi connectivity index (χ0v) is 15.8.